The Morgan fingerprint density at radius 3 is 2.94 bits per heavy atom. The Labute approximate surface area is 103 Å². The summed E-state index contributed by atoms with van der Waals surface area (Å²) in [5, 5.41) is 10.8. The molecule has 0 amide bonds. The maximum Gasteiger partial charge on any atom is 0.349 e. The van der Waals surface area contributed by atoms with E-state index in [2.05, 4.69) is 9.97 Å². The maximum absolute atomic E-state index is 10.8. The molecular formula is C10H14N4O4. The van der Waals surface area contributed by atoms with Gasteiger partial charge < -0.3 is 15.2 Å². The molecule has 0 aliphatic carbocycles. The maximum atomic E-state index is 10.8. The molecule has 18 heavy (non-hydrogen) atoms. The molecule has 0 spiro atoms. The van der Waals surface area contributed by atoms with Crippen LogP contribution in [0.4, 0.5) is 11.6 Å². The minimum Gasteiger partial charge on any atom is -0.472 e. The highest BCUT2D eigenvalue weighted by Gasteiger charge is 2.21. The van der Waals surface area contributed by atoms with Crippen molar-refractivity contribution in [3.05, 3.63) is 16.3 Å². The van der Waals surface area contributed by atoms with Crippen molar-refractivity contribution < 1.29 is 14.4 Å². The van der Waals surface area contributed by atoms with Crippen LogP contribution in [0.25, 0.3) is 0 Å². The molecule has 0 bridgehead atoms. The number of nitrogen functional groups attached to an aromatic ring is 1. The number of anilines is 1. The fourth-order valence-corrected chi connectivity index (χ4v) is 1.71. The average molecular weight is 254 g/mol. The van der Waals surface area contributed by atoms with Crippen LogP contribution in [0.5, 0.6) is 5.88 Å². The van der Waals surface area contributed by atoms with Crippen molar-refractivity contribution >= 4 is 11.6 Å². The Morgan fingerprint density at radius 1 is 1.56 bits per heavy atom. The molecule has 1 aromatic heterocycles. The van der Waals surface area contributed by atoms with Crippen molar-refractivity contribution in [2.24, 2.45) is 5.92 Å². The first kappa shape index (κ1) is 12.5. The molecule has 1 saturated heterocycles. The SMILES string of the molecule is Nc1ncc([N+](=O)[O-])c(OCC2CCOCC2)n1. The van der Waals surface area contributed by atoms with E-state index in [0.717, 1.165) is 19.0 Å². The van der Waals surface area contributed by atoms with Crippen LogP contribution in [0, 0.1) is 16.0 Å². The number of ether oxygens (including phenoxy) is 2. The van der Waals surface area contributed by atoms with Gasteiger partial charge in [-0.2, -0.15) is 4.98 Å². The summed E-state index contributed by atoms with van der Waals surface area (Å²) >= 11 is 0. The van der Waals surface area contributed by atoms with Crippen LogP contribution in [-0.2, 0) is 4.74 Å². The molecule has 0 radical (unpaired) electrons. The molecule has 0 aromatic carbocycles. The molecule has 0 saturated carbocycles. The van der Waals surface area contributed by atoms with Crippen LogP contribution in [0.2, 0.25) is 0 Å². The predicted molar refractivity (Wildman–Crippen MR) is 62.1 cm³/mol. The topological polar surface area (TPSA) is 113 Å². The molecule has 2 rings (SSSR count). The van der Waals surface area contributed by atoms with E-state index >= 15 is 0 Å². The molecule has 2 N–H and O–H groups in total. The lowest BCUT2D eigenvalue weighted by Gasteiger charge is -2.21. The van der Waals surface area contributed by atoms with Gasteiger partial charge in [-0.1, -0.05) is 0 Å². The van der Waals surface area contributed by atoms with E-state index in [1.54, 1.807) is 0 Å². The number of hydrogen-bond donors (Lipinski definition) is 1. The van der Waals surface area contributed by atoms with Gasteiger partial charge in [-0.25, -0.2) is 4.98 Å². The fourth-order valence-electron chi connectivity index (χ4n) is 1.71. The number of aromatic nitrogens is 2. The average Bonchev–Trinajstić information content (AvgIpc) is 2.37. The zero-order valence-corrected chi connectivity index (χ0v) is 9.74. The van der Waals surface area contributed by atoms with E-state index in [0.29, 0.717) is 25.7 Å². The largest absolute Gasteiger partial charge is 0.472 e. The second-order valence-corrected chi connectivity index (χ2v) is 4.04. The minimum absolute atomic E-state index is 0.0393. The summed E-state index contributed by atoms with van der Waals surface area (Å²) < 4.78 is 10.6. The molecule has 1 aromatic rings. The van der Waals surface area contributed by atoms with Gasteiger partial charge >= 0.3 is 5.69 Å². The summed E-state index contributed by atoms with van der Waals surface area (Å²) in [6.45, 7) is 1.77. The third-order valence-corrected chi connectivity index (χ3v) is 2.75. The van der Waals surface area contributed by atoms with Crippen LogP contribution < -0.4 is 10.5 Å². The lowest BCUT2D eigenvalue weighted by atomic mass is 10.0. The van der Waals surface area contributed by atoms with Gasteiger partial charge in [0.15, 0.2) is 0 Å². The third kappa shape index (κ3) is 3.04. The van der Waals surface area contributed by atoms with Crippen LogP contribution in [0.1, 0.15) is 12.8 Å². The van der Waals surface area contributed by atoms with Gasteiger partial charge in [0.05, 0.1) is 11.5 Å². The number of nitrogens with zero attached hydrogens (tertiary/aromatic N) is 3. The molecule has 1 aliphatic rings. The first-order chi connectivity index (χ1) is 8.66. The zero-order valence-electron chi connectivity index (χ0n) is 9.74. The van der Waals surface area contributed by atoms with Gasteiger partial charge in [-0.05, 0) is 18.8 Å². The summed E-state index contributed by atoms with van der Waals surface area (Å²) in [6, 6.07) is 0. The van der Waals surface area contributed by atoms with E-state index in [4.69, 9.17) is 15.2 Å². The molecule has 98 valence electrons. The van der Waals surface area contributed by atoms with E-state index < -0.39 is 4.92 Å². The number of nitrogens with two attached hydrogens (primary N) is 1. The van der Waals surface area contributed by atoms with Gasteiger partial charge in [-0.15, -0.1) is 0 Å². The molecule has 1 aliphatic heterocycles. The zero-order chi connectivity index (χ0) is 13.0. The quantitative estimate of drug-likeness (QED) is 0.623. The summed E-state index contributed by atoms with van der Waals surface area (Å²) in [5.74, 6) is 0.219. The van der Waals surface area contributed by atoms with Crippen molar-refractivity contribution in [3.63, 3.8) is 0 Å². The molecule has 2 heterocycles. The first-order valence-corrected chi connectivity index (χ1v) is 5.64. The number of hydrogen-bond acceptors (Lipinski definition) is 7. The molecule has 0 atom stereocenters. The monoisotopic (exact) mass is 254 g/mol. The Bertz CT molecular complexity index is 434. The van der Waals surface area contributed by atoms with E-state index in [1.165, 1.54) is 0 Å². The summed E-state index contributed by atoms with van der Waals surface area (Å²) in [6.07, 6.45) is 2.82. The number of nitro groups is 1. The van der Waals surface area contributed by atoms with Crippen molar-refractivity contribution in [1.82, 2.24) is 9.97 Å². The van der Waals surface area contributed by atoms with Gasteiger partial charge in [0.25, 0.3) is 5.88 Å². The van der Waals surface area contributed by atoms with Gasteiger partial charge in [0, 0.05) is 13.2 Å². The summed E-state index contributed by atoms with van der Waals surface area (Å²) in [4.78, 5) is 17.5. The van der Waals surface area contributed by atoms with Crippen molar-refractivity contribution in [2.45, 2.75) is 12.8 Å². The molecule has 8 heteroatoms. The van der Waals surface area contributed by atoms with Crippen molar-refractivity contribution in [2.75, 3.05) is 25.6 Å². The summed E-state index contributed by atoms with van der Waals surface area (Å²) in [7, 11) is 0. The fraction of sp³-hybridized carbons (Fsp3) is 0.600. The van der Waals surface area contributed by atoms with Crippen LogP contribution in [-0.4, -0.2) is 34.7 Å². The predicted octanol–water partition coefficient (Wildman–Crippen LogP) is 0.772. The normalized spacial score (nSPS) is 16.4. The summed E-state index contributed by atoms with van der Waals surface area (Å²) in [5.41, 5.74) is 5.12. The second kappa shape index (κ2) is 5.58. The molecule has 8 nitrogen and oxygen atoms in total. The van der Waals surface area contributed by atoms with E-state index in [1.807, 2.05) is 0 Å². The second-order valence-electron chi connectivity index (χ2n) is 4.04. The van der Waals surface area contributed by atoms with Gasteiger partial charge in [-0.3, -0.25) is 10.1 Å². The highest BCUT2D eigenvalue weighted by atomic mass is 16.6. The van der Waals surface area contributed by atoms with E-state index in [9.17, 15) is 10.1 Å². The van der Waals surface area contributed by atoms with Crippen LogP contribution in [0.15, 0.2) is 6.20 Å². The molecule has 0 unspecified atom stereocenters. The number of rotatable bonds is 4. The standard InChI is InChI=1S/C10H14N4O4/c11-10-12-5-8(14(15)16)9(13-10)18-6-7-1-3-17-4-2-7/h5,7H,1-4,6H2,(H2,11,12,13). The van der Waals surface area contributed by atoms with Crippen molar-refractivity contribution in [1.29, 1.82) is 0 Å². The van der Waals surface area contributed by atoms with Gasteiger partial charge in [0.1, 0.15) is 6.20 Å². The lowest BCUT2D eigenvalue weighted by molar-refractivity contribution is -0.386. The van der Waals surface area contributed by atoms with Crippen LogP contribution >= 0.6 is 0 Å². The van der Waals surface area contributed by atoms with E-state index in [-0.39, 0.29) is 17.5 Å². The third-order valence-electron chi connectivity index (χ3n) is 2.75. The lowest BCUT2D eigenvalue weighted by Crippen LogP contribution is -2.22. The van der Waals surface area contributed by atoms with Crippen molar-refractivity contribution in [3.8, 4) is 5.88 Å². The van der Waals surface area contributed by atoms with Gasteiger partial charge in [0.2, 0.25) is 5.95 Å². The Hall–Kier alpha value is -1.96. The highest BCUT2D eigenvalue weighted by molar-refractivity contribution is 5.41. The Kier molecular flexibility index (Phi) is 3.88. The minimum atomic E-state index is -0.585. The molecule has 1 fully saturated rings. The smallest absolute Gasteiger partial charge is 0.349 e. The highest BCUT2D eigenvalue weighted by Crippen LogP contribution is 2.25. The Morgan fingerprint density at radius 2 is 2.28 bits per heavy atom. The first-order valence-electron chi connectivity index (χ1n) is 5.64. The molecular weight excluding hydrogens is 240 g/mol. The van der Waals surface area contributed by atoms with Crippen LogP contribution in [0.3, 0.4) is 0 Å². The Balaban J connectivity index is 2.03.